The predicted molar refractivity (Wildman–Crippen MR) is 108 cm³/mol. The smallest absolute Gasteiger partial charge is 0.261 e. The quantitative estimate of drug-likeness (QED) is 0.575. The van der Waals surface area contributed by atoms with Crippen molar-refractivity contribution < 1.29 is 4.79 Å². The lowest BCUT2D eigenvalue weighted by Crippen LogP contribution is -2.18. The summed E-state index contributed by atoms with van der Waals surface area (Å²) in [6.07, 6.45) is 9.31. The summed E-state index contributed by atoms with van der Waals surface area (Å²) >= 11 is 1.31. The maximum atomic E-state index is 12.8. The molecule has 5 heterocycles. The topological polar surface area (TPSA) is 88.3 Å². The van der Waals surface area contributed by atoms with Crippen LogP contribution >= 0.6 is 11.3 Å². The van der Waals surface area contributed by atoms with E-state index < -0.39 is 0 Å². The van der Waals surface area contributed by atoms with Crippen LogP contribution < -0.4 is 10.2 Å². The van der Waals surface area contributed by atoms with Gasteiger partial charge in [-0.05, 0) is 37.1 Å². The third-order valence-corrected chi connectivity index (χ3v) is 5.66. The van der Waals surface area contributed by atoms with Crippen LogP contribution in [0.2, 0.25) is 0 Å². The minimum atomic E-state index is -0.248. The molecule has 0 radical (unpaired) electrons. The number of amides is 1. The third kappa shape index (κ3) is 3.09. The lowest BCUT2D eigenvalue weighted by atomic mass is 10.2. The molecule has 0 atom stereocenters. The summed E-state index contributed by atoms with van der Waals surface area (Å²) in [6, 6.07) is 7.81. The highest BCUT2D eigenvalue weighted by Gasteiger charge is 2.18. The highest BCUT2D eigenvalue weighted by atomic mass is 32.1. The fourth-order valence-corrected chi connectivity index (χ4v) is 4.09. The molecule has 0 aliphatic carbocycles. The molecule has 0 aromatic carbocycles. The van der Waals surface area contributed by atoms with Crippen molar-refractivity contribution in [1.29, 1.82) is 0 Å². The largest absolute Gasteiger partial charge is 0.371 e. The second-order valence-corrected chi connectivity index (χ2v) is 7.55. The van der Waals surface area contributed by atoms with Gasteiger partial charge >= 0.3 is 0 Å². The van der Waals surface area contributed by atoms with E-state index in [9.17, 15) is 4.79 Å². The van der Waals surface area contributed by atoms with Crippen LogP contribution in [0.1, 0.15) is 23.2 Å². The van der Waals surface area contributed by atoms with Crippen LogP contribution in [0.25, 0.3) is 16.1 Å². The van der Waals surface area contributed by atoms with E-state index in [1.807, 2.05) is 30.5 Å². The van der Waals surface area contributed by atoms with Crippen LogP contribution in [0.3, 0.4) is 0 Å². The number of aromatic nitrogens is 5. The molecule has 0 bridgehead atoms. The average molecular weight is 391 g/mol. The zero-order valence-corrected chi connectivity index (χ0v) is 15.8. The van der Waals surface area contributed by atoms with Crippen molar-refractivity contribution in [3.05, 3.63) is 54.6 Å². The van der Waals surface area contributed by atoms with Crippen LogP contribution in [0.5, 0.6) is 0 Å². The summed E-state index contributed by atoms with van der Waals surface area (Å²) in [5.41, 5.74) is 3.28. The van der Waals surface area contributed by atoms with Gasteiger partial charge in [-0.2, -0.15) is 5.10 Å². The molecular weight excluding hydrogens is 374 g/mol. The monoisotopic (exact) mass is 391 g/mol. The van der Waals surface area contributed by atoms with Gasteiger partial charge in [-0.15, -0.1) is 10.2 Å². The van der Waals surface area contributed by atoms with Gasteiger partial charge in [0, 0.05) is 42.9 Å². The van der Waals surface area contributed by atoms with Gasteiger partial charge in [0.05, 0.1) is 17.3 Å². The maximum Gasteiger partial charge on any atom is 0.261 e. The highest BCUT2D eigenvalue weighted by Crippen LogP contribution is 2.27. The third-order valence-electron chi connectivity index (χ3n) is 4.77. The number of carbonyl (C=O) groups is 1. The zero-order valence-electron chi connectivity index (χ0n) is 14.9. The second-order valence-electron chi connectivity index (χ2n) is 6.58. The van der Waals surface area contributed by atoms with Crippen molar-refractivity contribution in [3.63, 3.8) is 0 Å². The van der Waals surface area contributed by atoms with Crippen molar-refractivity contribution in [2.45, 2.75) is 12.8 Å². The van der Waals surface area contributed by atoms with Gasteiger partial charge in [-0.1, -0.05) is 11.3 Å². The number of hydrogen-bond donors (Lipinski definition) is 1. The first-order valence-corrected chi connectivity index (χ1v) is 9.87. The van der Waals surface area contributed by atoms with Crippen LogP contribution in [0.4, 0.5) is 10.8 Å². The molecule has 1 N–H and O–H groups in total. The molecule has 0 saturated carbocycles. The molecule has 4 aromatic heterocycles. The normalized spacial score (nSPS) is 13.9. The molecule has 0 unspecified atom stereocenters. The van der Waals surface area contributed by atoms with Crippen molar-refractivity contribution in [3.8, 4) is 10.6 Å². The number of rotatable bonds is 4. The zero-order chi connectivity index (χ0) is 18.9. The Morgan fingerprint density at radius 1 is 1.14 bits per heavy atom. The summed E-state index contributed by atoms with van der Waals surface area (Å²) in [7, 11) is 0. The molecule has 5 rings (SSSR count). The molecule has 140 valence electrons. The Balaban J connectivity index is 1.40. The summed E-state index contributed by atoms with van der Waals surface area (Å²) in [5, 5.41) is 16.5. The number of fused-ring (bicyclic) bond motifs is 1. The van der Waals surface area contributed by atoms with Gasteiger partial charge in [0.15, 0.2) is 5.01 Å². The maximum absolute atomic E-state index is 12.8. The molecule has 9 heteroatoms. The molecule has 8 nitrogen and oxygen atoms in total. The summed E-state index contributed by atoms with van der Waals surface area (Å²) in [6.45, 7) is 2.10. The van der Waals surface area contributed by atoms with Gasteiger partial charge in [-0.3, -0.25) is 15.1 Å². The first-order valence-electron chi connectivity index (χ1n) is 9.05. The molecule has 28 heavy (non-hydrogen) atoms. The fourth-order valence-electron chi connectivity index (χ4n) is 3.36. The number of carbonyl (C=O) groups excluding carboxylic acids is 1. The van der Waals surface area contributed by atoms with E-state index in [-0.39, 0.29) is 5.91 Å². The Morgan fingerprint density at radius 3 is 2.86 bits per heavy atom. The molecular formula is C19H17N7OS. The minimum absolute atomic E-state index is 0.248. The Hall–Kier alpha value is -3.33. The number of nitrogens with one attached hydrogen (secondary N) is 1. The SMILES string of the molecule is O=C(Nc1nnc(-c2cccnc2)s1)c1cnn2ccc(N3CCCC3)cc12. The van der Waals surface area contributed by atoms with E-state index in [4.69, 9.17) is 0 Å². The minimum Gasteiger partial charge on any atom is -0.371 e. The molecule has 1 aliphatic heterocycles. The van der Waals surface area contributed by atoms with E-state index >= 15 is 0 Å². The molecule has 4 aromatic rings. The van der Waals surface area contributed by atoms with Crippen LogP contribution in [0.15, 0.2) is 49.1 Å². The van der Waals surface area contributed by atoms with E-state index in [0.29, 0.717) is 15.7 Å². The number of pyridine rings is 2. The van der Waals surface area contributed by atoms with Crippen molar-refractivity contribution in [2.75, 3.05) is 23.3 Å². The van der Waals surface area contributed by atoms with Gasteiger partial charge in [0.1, 0.15) is 0 Å². The van der Waals surface area contributed by atoms with Crippen molar-refractivity contribution >= 4 is 33.6 Å². The summed E-state index contributed by atoms with van der Waals surface area (Å²) in [4.78, 5) is 19.2. The van der Waals surface area contributed by atoms with Crippen molar-refractivity contribution in [1.82, 2.24) is 24.8 Å². The van der Waals surface area contributed by atoms with Gasteiger partial charge < -0.3 is 4.90 Å². The Bertz CT molecular complexity index is 1130. The summed E-state index contributed by atoms with van der Waals surface area (Å²) in [5.74, 6) is -0.248. The molecule has 1 amide bonds. The second kappa shape index (κ2) is 7.01. The summed E-state index contributed by atoms with van der Waals surface area (Å²) < 4.78 is 1.72. The Labute approximate surface area is 164 Å². The lowest BCUT2D eigenvalue weighted by molar-refractivity contribution is 0.102. The molecule has 1 fully saturated rings. The predicted octanol–water partition coefficient (Wildman–Crippen LogP) is 3.10. The first-order chi connectivity index (χ1) is 13.8. The van der Waals surface area contributed by atoms with E-state index in [1.165, 1.54) is 24.2 Å². The van der Waals surface area contributed by atoms with Gasteiger partial charge in [-0.25, -0.2) is 4.52 Å². The van der Waals surface area contributed by atoms with Crippen LogP contribution in [-0.2, 0) is 0 Å². The van der Waals surface area contributed by atoms with Crippen LogP contribution in [-0.4, -0.2) is 43.8 Å². The van der Waals surface area contributed by atoms with Crippen LogP contribution in [0, 0.1) is 0 Å². The standard InChI is InChI=1S/C19H17N7OS/c27-17(22-19-24-23-18(28-19)13-4-3-6-20-11-13)15-12-21-26-9-5-14(10-16(15)26)25-7-1-2-8-25/h3-6,9-12H,1-2,7-8H2,(H,22,24,27). The van der Waals surface area contributed by atoms with E-state index in [1.54, 1.807) is 23.1 Å². The first kappa shape index (κ1) is 16.8. The van der Waals surface area contributed by atoms with Crippen molar-refractivity contribution in [2.24, 2.45) is 0 Å². The molecule has 1 saturated heterocycles. The van der Waals surface area contributed by atoms with E-state index in [2.05, 4.69) is 30.5 Å². The highest BCUT2D eigenvalue weighted by molar-refractivity contribution is 7.18. The van der Waals surface area contributed by atoms with Gasteiger partial charge in [0.25, 0.3) is 5.91 Å². The van der Waals surface area contributed by atoms with Gasteiger partial charge in [0.2, 0.25) is 5.13 Å². The average Bonchev–Trinajstić information content (AvgIpc) is 3.48. The Morgan fingerprint density at radius 2 is 2.04 bits per heavy atom. The van der Waals surface area contributed by atoms with E-state index in [0.717, 1.165) is 29.9 Å². The number of hydrogen-bond acceptors (Lipinski definition) is 7. The lowest BCUT2D eigenvalue weighted by Gasteiger charge is -2.17. The Kier molecular flexibility index (Phi) is 4.21. The fraction of sp³-hybridized carbons (Fsp3) is 0.211. The number of nitrogens with zero attached hydrogens (tertiary/aromatic N) is 6. The molecule has 1 aliphatic rings. The number of anilines is 2. The molecule has 0 spiro atoms.